The molecule has 3 amide bonds. The molecule has 0 radical (unpaired) electrons. The van der Waals surface area contributed by atoms with Crippen LogP contribution >= 0.6 is 23.2 Å². The van der Waals surface area contributed by atoms with Crippen LogP contribution in [0.3, 0.4) is 0 Å². The van der Waals surface area contributed by atoms with E-state index < -0.39 is 42.2 Å². The zero-order chi connectivity index (χ0) is 48.2. The molecule has 6 atom stereocenters. The number of carbonyl (C=O) groups excluding carboxylic acids is 4. The Balaban J connectivity index is 1.11. The minimum absolute atomic E-state index is 0.0552. The number of halogens is 2. The predicted octanol–water partition coefficient (Wildman–Crippen LogP) is 8.91. The van der Waals surface area contributed by atoms with Crippen molar-refractivity contribution in [3.05, 3.63) is 135 Å². The fourth-order valence-electron chi connectivity index (χ4n) is 10.4. The molecule has 0 bridgehead atoms. The van der Waals surface area contributed by atoms with Gasteiger partial charge in [-0.1, -0.05) is 72.6 Å². The van der Waals surface area contributed by atoms with Crippen LogP contribution in [-0.4, -0.2) is 110 Å². The highest BCUT2D eigenvalue weighted by atomic mass is 35.5. The van der Waals surface area contributed by atoms with Gasteiger partial charge in [-0.25, -0.2) is 4.98 Å². The molecular formula is C54H62Cl2N6O6. The van der Waals surface area contributed by atoms with Gasteiger partial charge in [0.2, 0.25) is 17.7 Å². The number of aliphatic hydroxyl groups is 1. The SMILES string of the molecule is C[C@H]1C[C@H]([C@@H]2CC(=O)N(Cc3ccc(Cl)cc3Oc3ccc(-c4cnc(CN5CCCC5)n4C)cc3)[C@@H](C)C(=O)C[C@@H](CO)C(=O)N(C)[C@H](Cc3ccc(Cl)cc3)CN(C)C2=O)c2ccccc21. The summed E-state index contributed by atoms with van der Waals surface area (Å²) in [6.07, 6.45) is 4.93. The quantitative estimate of drug-likeness (QED) is 0.139. The number of nitrogens with zero attached hydrogens (tertiary/aromatic N) is 6. The van der Waals surface area contributed by atoms with Crippen molar-refractivity contribution in [2.75, 3.05) is 40.3 Å². The van der Waals surface area contributed by atoms with Crippen LogP contribution in [0.4, 0.5) is 0 Å². The lowest BCUT2D eigenvalue weighted by Gasteiger charge is -2.37. The van der Waals surface area contributed by atoms with E-state index in [1.165, 1.54) is 17.7 Å². The van der Waals surface area contributed by atoms with Crippen molar-refractivity contribution < 1.29 is 29.0 Å². The highest BCUT2D eigenvalue weighted by Crippen LogP contribution is 2.47. The smallest absolute Gasteiger partial charge is 0.228 e. The molecule has 68 heavy (non-hydrogen) atoms. The van der Waals surface area contributed by atoms with Crippen LogP contribution in [0.15, 0.2) is 97.2 Å². The molecule has 5 aromatic rings. The second-order valence-corrected chi connectivity index (χ2v) is 19.9. The Bertz CT molecular complexity index is 2610. The normalized spacial score (nSPS) is 23.3. The second-order valence-electron chi connectivity index (χ2n) is 19.1. The summed E-state index contributed by atoms with van der Waals surface area (Å²) in [6, 6.07) is 26.8. The Morgan fingerprint density at radius 1 is 0.779 bits per heavy atom. The Kier molecular flexibility index (Phi) is 15.4. The van der Waals surface area contributed by atoms with Crippen molar-refractivity contribution in [3.63, 3.8) is 0 Å². The minimum atomic E-state index is -1.08. The summed E-state index contributed by atoms with van der Waals surface area (Å²) >= 11 is 12.8. The third-order valence-electron chi connectivity index (χ3n) is 14.5. The topological polar surface area (TPSA) is 129 Å². The number of likely N-dealkylation sites (N-methyl/N-ethyl adjacent to an activating group) is 2. The lowest BCUT2D eigenvalue weighted by Crippen LogP contribution is -2.52. The van der Waals surface area contributed by atoms with Gasteiger partial charge in [0.1, 0.15) is 17.3 Å². The first-order valence-electron chi connectivity index (χ1n) is 23.8. The monoisotopic (exact) mass is 960 g/mol. The summed E-state index contributed by atoms with van der Waals surface area (Å²) in [7, 11) is 5.42. The first-order chi connectivity index (χ1) is 32.7. The largest absolute Gasteiger partial charge is 0.457 e. The van der Waals surface area contributed by atoms with Crippen LogP contribution in [0.1, 0.15) is 85.9 Å². The maximum absolute atomic E-state index is 15.2. The molecule has 1 N–H and O–H groups in total. The number of Topliss-reactive ketones (excluding diaryl/α,β-unsaturated/α-hetero) is 1. The molecular weight excluding hydrogens is 900 g/mol. The lowest BCUT2D eigenvalue weighted by atomic mass is 9.82. The van der Waals surface area contributed by atoms with Crippen LogP contribution in [-0.2, 0) is 45.7 Å². The first-order valence-corrected chi connectivity index (χ1v) is 24.5. The van der Waals surface area contributed by atoms with Gasteiger partial charge in [0, 0.05) is 61.7 Å². The maximum atomic E-state index is 15.2. The van der Waals surface area contributed by atoms with Crippen molar-refractivity contribution in [1.82, 2.24) is 29.2 Å². The number of imidazole rings is 1. The maximum Gasteiger partial charge on any atom is 0.228 e. The van der Waals surface area contributed by atoms with E-state index in [4.69, 9.17) is 32.9 Å². The van der Waals surface area contributed by atoms with Crippen LogP contribution in [0.5, 0.6) is 11.5 Å². The lowest BCUT2D eigenvalue weighted by molar-refractivity contribution is -0.148. The molecule has 1 aliphatic carbocycles. The fourth-order valence-corrected chi connectivity index (χ4v) is 10.7. The summed E-state index contributed by atoms with van der Waals surface area (Å²) < 4.78 is 8.66. The molecule has 4 aromatic carbocycles. The zero-order valence-electron chi connectivity index (χ0n) is 39.6. The standard InChI is InChI=1S/C54H62Cl2N6O6/c1-34-24-46(45-11-7-6-10-44(34)45)47-28-52(65)62(35(2)49(64)26-39(33-63)53(66)59(4)42(31-58(3)54(47)67)25-36-12-17-40(55)18-13-36)30-38-14-19-41(56)27-50(38)68-43-20-15-37(16-21-43)48-29-57-51(60(48)5)32-61-22-8-9-23-61/h6-7,10-21,27,29,34-35,39,42,46-47,63H,8-9,22-26,28,30-33H2,1-5H3/t34-,35-,39-,42+,46-,47-/m0/s1. The molecule has 12 nitrogen and oxygen atoms in total. The van der Waals surface area contributed by atoms with Crippen molar-refractivity contribution in [2.45, 2.75) is 89.4 Å². The summed E-state index contributed by atoms with van der Waals surface area (Å²) in [5.74, 6) is -1.45. The van der Waals surface area contributed by atoms with E-state index in [1.54, 1.807) is 61.2 Å². The van der Waals surface area contributed by atoms with Gasteiger partial charge >= 0.3 is 0 Å². The number of carbonyl (C=O) groups is 4. The minimum Gasteiger partial charge on any atom is -0.457 e. The first kappa shape index (κ1) is 48.9. The van der Waals surface area contributed by atoms with Crippen LogP contribution in [0.25, 0.3) is 11.3 Å². The van der Waals surface area contributed by atoms with Crippen molar-refractivity contribution in [3.8, 4) is 22.8 Å². The third kappa shape index (κ3) is 10.8. The van der Waals surface area contributed by atoms with Gasteiger partial charge in [0.25, 0.3) is 0 Å². The van der Waals surface area contributed by atoms with E-state index in [1.807, 2.05) is 61.8 Å². The van der Waals surface area contributed by atoms with E-state index in [2.05, 4.69) is 28.5 Å². The van der Waals surface area contributed by atoms with E-state index in [9.17, 15) is 14.7 Å². The number of likely N-dealkylation sites (tertiary alicyclic amines) is 1. The van der Waals surface area contributed by atoms with Crippen molar-refractivity contribution in [1.29, 1.82) is 0 Å². The number of benzene rings is 4. The van der Waals surface area contributed by atoms with Crippen LogP contribution < -0.4 is 4.74 Å². The Hall–Kier alpha value is -5.53. The Morgan fingerprint density at radius 3 is 2.18 bits per heavy atom. The third-order valence-corrected chi connectivity index (χ3v) is 15.0. The molecule has 3 heterocycles. The molecule has 2 saturated heterocycles. The van der Waals surface area contributed by atoms with E-state index in [0.717, 1.165) is 53.4 Å². The summed E-state index contributed by atoms with van der Waals surface area (Å²) in [6.45, 7) is 6.30. The molecule has 14 heteroatoms. The molecule has 1 aromatic heterocycles. The summed E-state index contributed by atoms with van der Waals surface area (Å²) in [5, 5.41) is 11.6. The number of ketones is 1. The average molecular weight is 962 g/mol. The Morgan fingerprint density at radius 2 is 1.47 bits per heavy atom. The molecule has 358 valence electrons. The van der Waals surface area contributed by atoms with Gasteiger partial charge in [-0.2, -0.15) is 0 Å². The number of ether oxygens (including phenoxy) is 1. The molecule has 2 fully saturated rings. The molecule has 8 rings (SSSR count). The average Bonchev–Trinajstić information content (AvgIpc) is 4.08. The van der Waals surface area contributed by atoms with Crippen LogP contribution in [0, 0.1) is 11.8 Å². The molecule has 0 spiro atoms. The molecule has 0 saturated carbocycles. The van der Waals surface area contributed by atoms with Crippen LogP contribution in [0.2, 0.25) is 10.0 Å². The number of aromatic nitrogens is 2. The van der Waals surface area contributed by atoms with Gasteiger partial charge < -0.3 is 29.1 Å². The molecule has 3 aliphatic rings. The highest BCUT2D eigenvalue weighted by molar-refractivity contribution is 6.31. The molecule has 0 unspecified atom stereocenters. The van der Waals surface area contributed by atoms with E-state index >= 15 is 9.59 Å². The second kappa shape index (κ2) is 21.4. The Labute approximate surface area is 409 Å². The summed E-state index contributed by atoms with van der Waals surface area (Å²) in [4.78, 5) is 71.0. The van der Waals surface area contributed by atoms with Gasteiger partial charge in [-0.15, -0.1) is 0 Å². The molecule has 2 aliphatic heterocycles. The number of hydrogen-bond acceptors (Lipinski definition) is 8. The fraction of sp³-hybridized carbons (Fsp3) is 0.426. The van der Waals surface area contributed by atoms with Crippen molar-refractivity contribution in [2.24, 2.45) is 18.9 Å². The van der Waals surface area contributed by atoms with E-state index in [-0.39, 0.29) is 49.6 Å². The van der Waals surface area contributed by atoms with Gasteiger partial charge in [0.05, 0.1) is 55.5 Å². The number of fused-ring (bicyclic) bond motifs is 1. The van der Waals surface area contributed by atoms with Gasteiger partial charge in [0.15, 0.2) is 5.78 Å². The van der Waals surface area contributed by atoms with Gasteiger partial charge in [-0.05, 0) is 123 Å². The number of rotatable bonds is 11. The number of amides is 3. The number of hydrogen-bond donors (Lipinski definition) is 1. The van der Waals surface area contributed by atoms with Gasteiger partial charge in [-0.3, -0.25) is 24.1 Å². The van der Waals surface area contributed by atoms with E-state index in [0.29, 0.717) is 39.9 Å². The highest BCUT2D eigenvalue weighted by Gasteiger charge is 2.43. The van der Waals surface area contributed by atoms with Crippen molar-refractivity contribution >= 4 is 46.7 Å². The predicted molar refractivity (Wildman–Crippen MR) is 265 cm³/mol. The summed E-state index contributed by atoms with van der Waals surface area (Å²) in [5.41, 5.74) is 5.65. The number of aliphatic hydroxyl groups excluding tert-OH is 1. The zero-order valence-corrected chi connectivity index (χ0v) is 41.1.